The molecule has 5 heteroatoms. The fraction of sp³-hybridized carbons (Fsp3) is 0.133. The molecule has 0 unspecified atom stereocenters. The van der Waals surface area contributed by atoms with E-state index in [1.807, 2.05) is 30.3 Å². The summed E-state index contributed by atoms with van der Waals surface area (Å²) < 4.78 is 0. The van der Waals surface area contributed by atoms with Gasteiger partial charge in [-0.3, -0.25) is 4.79 Å². The van der Waals surface area contributed by atoms with Crippen molar-refractivity contribution in [1.82, 2.24) is 5.32 Å². The van der Waals surface area contributed by atoms with E-state index in [2.05, 4.69) is 5.32 Å². The van der Waals surface area contributed by atoms with Crippen LogP contribution in [-0.2, 0) is 5.75 Å². The number of rotatable bonds is 4. The summed E-state index contributed by atoms with van der Waals surface area (Å²) in [5, 5.41) is 3.36. The summed E-state index contributed by atoms with van der Waals surface area (Å²) >= 11 is 7.68. The lowest BCUT2D eigenvalue weighted by Crippen LogP contribution is -2.18. The third kappa shape index (κ3) is 3.46. The van der Waals surface area contributed by atoms with Crippen molar-refractivity contribution in [3.63, 3.8) is 0 Å². The Morgan fingerprint density at radius 1 is 1.30 bits per heavy atom. The van der Waals surface area contributed by atoms with Crippen molar-refractivity contribution in [1.29, 1.82) is 0 Å². The summed E-state index contributed by atoms with van der Waals surface area (Å²) in [5.74, 6) is 0.569. The molecule has 104 valence electrons. The summed E-state index contributed by atoms with van der Waals surface area (Å²) in [6.45, 7) is 0. The van der Waals surface area contributed by atoms with Crippen LogP contribution in [0.4, 0.5) is 5.69 Å². The van der Waals surface area contributed by atoms with E-state index in [9.17, 15) is 4.79 Å². The molecule has 0 fully saturated rings. The Hall–Kier alpha value is -1.65. The zero-order chi connectivity index (χ0) is 14.5. The van der Waals surface area contributed by atoms with Crippen LogP contribution in [0.15, 0.2) is 47.4 Å². The lowest BCUT2D eigenvalue weighted by Gasteiger charge is -2.10. The molecule has 0 aliphatic heterocycles. The van der Waals surface area contributed by atoms with Crippen LogP contribution in [0.25, 0.3) is 0 Å². The third-order valence-electron chi connectivity index (χ3n) is 2.82. The van der Waals surface area contributed by atoms with Crippen LogP contribution >= 0.6 is 23.4 Å². The second kappa shape index (κ2) is 6.68. The van der Waals surface area contributed by atoms with Crippen molar-refractivity contribution >= 4 is 35.0 Å². The summed E-state index contributed by atoms with van der Waals surface area (Å²) in [6, 6.07) is 12.9. The Bertz CT molecular complexity index is 631. The molecule has 2 aromatic rings. The molecular formula is C15H15ClN2OS. The minimum atomic E-state index is -0.119. The van der Waals surface area contributed by atoms with E-state index in [1.54, 1.807) is 30.9 Å². The van der Waals surface area contributed by atoms with E-state index < -0.39 is 0 Å². The average molecular weight is 307 g/mol. The average Bonchev–Trinajstić information content (AvgIpc) is 2.46. The van der Waals surface area contributed by atoms with Crippen molar-refractivity contribution in [3.05, 3.63) is 58.6 Å². The highest BCUT2D eigenvalue weighted by molar-refractivity contribution is 7.98. The highest BCUT2D eigenvalue weighted by atomic mass is 35.5. The molecule has 0 spiro atoms. The molecule has 0 aromatic heterocycles. The highest BCUT2D eigenvalue weighted by Crippen LogP contribution is 2.30. The second-order valence-corrected chi connectivity index (χ2v) is 5.64. The van der Waals surface area contributed by atoms with Crippen LogP contribution in [0.5, 0.6) is 0 Å². The Morgan fingerprint density at radius 3 is 2.75 bits per heavy atom. The molecule has 0 heterocycles. The Balaban J connectivity index is 2.22. The Morgan fingerprint density at radius 2 is 2.05 bits per heavy atom. The number of amides is 1. The maximum atomic E-state index is 11.8. The van der Waals surface area contributed by atoms with Gasteiger partial charge < -0.3 is 11.1 Å². The predicted molar refractivity (Wildman–Crippen MR) is 85.3 cm³/mol. The molecule has 0 aliphatic rings. The van der Waals surface area contributed by atoms with Crippen LogP contribution in [0, 0.1) is 0 Å². The quantitative estimate of drug-likeness (QED) is 0.670. The zero-order valence-electron chi connectivity index (χ0n) is 11.0. The molecule has 3 N–H and O–H groups in total. The standard InChI is InChI=1S/C15H15ClN2OS/c1-18-15(19)12-7-6-11(17)8-14(12)20-9-10-4-2-3-5-13(10)16/h2-8H,9,17H2,1H3,(H,18,19). The number of halogens is 1. The number of carbonyl (C=O) groups excluding carboxylic acids is 1. The van der Waals surface area contributed by atoms with Crippen LogP contribution in [0.1, 0.15) is 15.9 Å². The maximum absolute atomic E-state index is 11.8. The Kier molecular flexibility index (Phi) is 4.93. The topological polar surface area (TPSA) is 55.1 Å². The minimum absolute atomic E-state index is 0.119. The molecule has 2 rings (SSSR count). The monoisotopic (exact) mass is 306 g/mol. The van der Waals surface area contributed by atoms with Gasteiger partial charge in [-0.05, 0) is 29.8 Å². The van der Waals surface area contributed by atoms with Crippen LogP contribution in [0.2, 0.25) is 5.02 Å². The van der Waals surface area contributed by atoms with Crippen molar-refractivity contribution in [2.45, 2.75) is 10.6 Å². The minimum Gasteiger partial charge on any atom is -0.399 e. The molecular weight excluding hydrogens is 292 g/mol. The molecule has 0 aliphatic carbocycles. The smallest absolute Gasteiger partial charge is 0.252 e. The first kappa shape index (κ1) is 14.8. The van der Waals surface area contributed by atoms with Gasteiger partial charge in [0, 0.05) is 28.4 Å². The van der Waals surface area contributed by atoms with Gasteiger partial charge in [0.15, 0.2) is 0 Å². The number of thioether (sulfide) groups is 1. The number of anilines is 1. The fourth-order valence-corrected chi connectivity index (χ4v) is 3.13. The molecule has 20 heavy (non-hydrogen) atoms. The van der Waals surface area contributed by atoms with Gasteiger partial charge in [-0.15, -0.1) is 11.8 Å². The first-order chi connectivity index (χ1) is 9.61. The first-order valence-corrected chi connectivity index (χ1v) is 7.46. The summed E-state index contributed by atoms with van der Waals surface area (Å²) in [6.07, 6.45) is 0. The molecule has 0 saturated heterocycles. The summed E-state index contributed by atoms with van der Waals surface area (Å²) in [7, 11) is 1.61. The number of carbonyl (C=O) groups is 1. The second-order valence-electron chi connectivity index (χ2n) is 4.21. The molecule has 0 atom stereocenters. The number of benzene rings is 2. The molecule has 0 radical (unpaired) electrons. The third-order valence-corrected chi connectivity index (χ3v) is 4.29. The van der Waals surface area contributed by atoms with Gasteiger partial charge in [-0.2, -0.15) is 0 Å². The van der Waals surface area contributed by atoms with E-state index in [-0.39, 0.29) is 5.91 Å². The summed E-state index contributed by atoms with van der Waals surface area (Å²) in [5.41, 5.74) is 8.09. The van der Waals surface area contributed by atoms with Gasteiger partial charge in [0.25, 0.3) is 5.91 Å². The largest absolute Gasteiger partial charge is 0.399 e. The lowest BCUT2D eigenvalue weighted by molar-refractivity contribution is 0.0960. The number of nitrogen functional groups attached to an aromatic ring is 1. The van der Waals surface area contributed by atoms with Crippen LogP contribution in [0.3, 0.4) is 0 Å². The van der Waals surface area contributed by atoms with Crippen LogP contribution in [-0.4, -0.2) is 13.0 Å². The van der Waals surface area contributed by atoms with Gasteiger partial charge in [-0.1, -0.05) is 29.8 Å². The van der Waals surface area contributed by atoms with Gasteiger partial charge in [0.05, 0.1) is 5.56 Å². The predicted octanol–water partition coefficient (Wildman–Crippen LogP) is 3.57. The van der Waals surface area contributed by atoms with E-state index in [0.717, 1.165) is 15.5 Å². The van der Waals surface area contributed by atoms with Crippen molar-refractivity contribution < 1.29 is 4.79 Å². The molecule has 0 saturated carbocycles. The number of hydrogen-bond donors (Lipinski definition) is 2. The SMILES string of the molecule is CNC(=O)c1ccc(N)cc1SCc1ccccc1Cl. The van der Waals surface area contributed by atoms with Crippen molar-refractivity contribution in [2.24, 2.45) is 0 Å². The molecule has 1 amide bonds. The van der Waals surface area contributed by atoms with Gasteiger partial charge >= 0.3 is 0 Å². The van der Waals surface area contributed by atoms with Crippen LogP contribution < -0.4 is 11.1 Å². The van der Waals surface area contributed by atoms with Gasteiger partial charge in [-0.25, -0.2) is 0 Å². The first-order valence-electron chi connectivity index (χ1n) is 6.09. The van der Waals surface area contributed by atoms with Gasteiger partial charge in [0.2, 0.25) is 0 Å². The molecule has 0 bridgehead atoms. The maximum Gasteiger partial charge on any atom is 0.252 e. The van der Waals surface area contributed by atoms with E-state index in [1.165, 1.54) is 0 Å². The molecule has 2 aromatic carbocycles. The lowest BCUT2D eigenvalue weighted by atomic mass is 10.2. The Labute approximate surface area is 127 Å². The van der Waals surface area contributed by atoms with E-state index in [4.69, 9.17) is 17.3 Å². The van der Waals surface area contributed by atoms with E-state index >= 15 is 0 Å². The van der Waals surface area contributed by atoms with Crippen molar-refractivity contribution in [2.75, 3.05) is 12.8 Å². The van der Waals surface area contributed by atoms with Crippen molar-refractivity contribution in [3.8, 4) is 0 Å². The normalized spacial score (nSPS) is 10.3. The number of nitrogens with two attached hydrogens (primary N) is 1. The van der Waals surface area contributed by atoms with Gasteiger partial charge in [0.1, 0.15) is 0 Å². The zero-order valence-corrected chi connectivity index (χ0v) is 12.6. The highest BCUT2D eigenvalue weighted by Gasteiger charge is 2.11. The number of hydrogen-bond acceptors (Lipinski definition) is 3. The van der Waals surface area contributed by atoms with E-state index in [0.29, 0.717) is 17.0 Å². The number of nitrogens with one attached hydrogen (secondary N) is 1. The fourth-order valence-electron chi connectivity index (χ4n) is 1.75. The summed E-state index contributed by atoms with van der Waals surface area (Å²) in [4.78, 5) is 12.7. The molecule has 3 nitrogen and oxygen atoms in total.